The third-order valence-corrected chi connectivity index (χ3v) is 3.67. The van der Waals surface area contributed by atoms with Gasteiger partial charge >= 0.3 is 0 Å². The lowest BCUT2D eigenvalue weighted by molar-refractivity contribution is 0.797. The third-order valence-electron chi connectivity index (χ3n) is 1.14. The first-order chi connectivity index (χ1) is 3.85. The lowest BCUT2D eigenvalue weighted by atomic mass is 10.3. The van der Waals surface area contributed by atoms with Crippen molar-refractivity contribution in [3.05, 3.63) is 0 Å². The van der Waals surface area contributed by atoms with Crippen LogP contribution >= 0.6 is 21.6 Å². The molecular formula is C6H14S2. The molecular weight excluding hydrogens is 136 g/mol. The van der Waals surface area contributed by atoms with Gasteiger partial charge in [0.1, 0.15) is 0 Å². The Bertz CT molecular complexity index is 41.8. The summed E-state index contributed by atoms with van der Waals surface area (Å²) >= 11 is 0. The van der Waals surface area contributed by atoms with Crippen molar-refractivity contribution in [1.82, 2.24) is 0 Å². The minimum atomic E-state index is 0.880. The molecule has 0 saturated heterocycles. The molecule has 0 radical (unpaired) electrons. The molecule has 0 heterocycles. The van der Waals surface area contributed by atoms with E-state index < -0.39 is 0 Å². The molecule has 0 aliphatic carbocycles. The first kappa shape index (κ1) is 8.70. The van der Waals surface area contributed by atoms with E-state index in [2.05, 4.69) is 20.1 Å². The van der Waals surface area contributed by atoms with Crippen LogP contribution in [0.15, 0.2) is 0 Å². The highest BCUT2D eigenvalue weighted by Crippen LogP contribution is 2.27. The minimum Gasteiger partial charge on any atom is -0.0973 e. The molecule has 0 atom stereocenters. The monoisotopic (exact) mass is 150 g/mol. The summed E-state index contributed by atoms with van der Waals surface area (Å²) in [5, 5.41) is 0.880. The van der Waals surface area contributed by atoms with Crippen molar-refractivity contribution in [3.8, 4) is 0 Å². The Hall–Kier alpha value is 0.700. The van der Waals surface area contributed by atoms with Crippen molar-refractivity contribution >= 4 is 21.6 Å². The van der Waals surface area contributed by atoms with Crippen molar-refractivity contribution in [3.63, 3.8) is 0 Å². The van der Waals surface area contributed by atoms with Crippen LogP contribution in [0.5, 0.6) is 0 Å². The fourth-order valence-corrected chi connectivity index (χ4v) is 2.74. The van der Waals surface area contributed by atoms with Crippen LogP contribution in [0.25, 0.3) is 0 Å². The summed E-state index contributed by atoms with van der Waals surface area (Å²) in [6.45, 7) is 4.49. The molecule has 0 N–H and O–H groups in total. The second-order valence-electron chi connectivity index (χ2n) is 1.70. The summed E-state index contributed by atoms with van der Waals surface area (Å²) in [4.78, 5) is 0. The molecule has 0 amide bonds. The van der Waals surface area contributed by atoms with Crippen LogP contribution in [0.1, 0.15) is 26.7 Å². The molecule has 0 aliphatic rings. The van der Waals surface area contributed by atoms with Gasteiger partial charge in [0.15, 0.2) is 0 Å². The summed E-state index contributed by atoms with van der Waals surface area (Å²) in [5.74, 6) is 0. The van der Waals surface area contributed by atoms with E-state index in [-0.39, 0.29) is 0 Å². The second-order valence-corrected chi connectivity index (χ2v) is 4.47. The molecule has 0 aromatic carbocycles. The van der Waals surface area contributed by atoms with Crippen molar-refractivity contribution in [2.75, 3.05) is 6.26 Å². The van der Waals surface area contributed by atoms with Gasteiger partial charge in [-0.1, -0.05) is 35.4 Å². The van der Waals surface area contributed by atoms with Gasteiger partial charge in [-0.3, -0.25) is 0 Å². The highest BCUT2D eigenvalue weighted by atomic mass is 33.1. The molecule has 0 saturated carbocycles. The van der Waals surface area contributed by atoms with Crippen molar-refractivity contribution in [1.29, 1.82) is 0 Å². The van der Waals surface area contributed by atoms with Gasteiger partial charge in [0.25, 0.3) is 0 Å². The predicted octanol–water partition coefficient (Wildman–Crippen LogP) is 3.19. The summed E-state index contributed by atoms with van der Waals surface area (Å²) in [7, 11) is 3.87. The first-order valence-electron chi connectivity index (χ1n) is 3.04. The summed E-state index contributed by atoms with van der Waals surface area (Å²) in [6, 6.07) is 0. The average Bonchev–Trinajstić information content (AvgIpc) is 1.83. The van der Waals surface area contributed by atoms with E-state index in [1.807, 2.05) is 21.6 Å². The van der Waals surface area contributed by atoms with Gasteiger partial charge in [0, 0.05) is 5.25 Å². The van der Waals surface area contributed by atoms with Gasteiger partial charge in [0.05, 0.1) is 0 Å². The summed E-state index contributed by atoms with van der Waals surface area (Å²) in [5.41, 5.74) is 0. The molecule has 0 spiro atoms. The fourth-order valence-electron chi connectivity index (χ4n) is 0.561. The van der Waals surface area contributed by atoms with E-state index in [9.17, 15) is 0 Å². The molecule has 0 unspecified atom stereocenters. The Labute approximate surface area is 60.2 Å². The molecule has 0 bridgehead atoms. The Morgan fingerprint density at radius 1 is 1.25 bits per heavy atom. The average molecular weight is 150 g/mol. The topological polar surface area (TPSA) is 0 Å². The number of hydrogen-bond acceptors (Lipinski definition) is 2. The Morgan fingerprint density at radius 3 is 1.88 bits per heavy atom. The number of rotatable bonds is 4. The second kappa shape index (κ2) is 5.83. The maximum absolute atomic E-state index is 2.25. The van der Waals surface area contributed by atoms with Gasteiger partial charge in [-0.2, -0.15) is 0 Å². The van der Waals surface area contributed by atoms with E-state index >= 15 is 0 Å². The Morgan fingerprint density at radius 2 is 1.75 bits per heavy atom. The molecule has 0 fully saturated rings. The SMILES string of the molecule is CCC(CC)SSC. The van der Waals surface area contributed by atoms with E-state index in [1.54, 1.807) is 0 Å². The van der Waals surface area contributed by atoms with E-state index in [0.29, 0.717) is 0 Å². The van der Waals surface area contributed by atoms with Crippen LogP contribution in [0.3, 0.4) is 0 Å². The fraction of sp³-hybridized carbons (Fsp3) is 1.00. The van der Waals surface area contributed by atoms with Gasteiger partial charge in [-0.15, -0.1) is 0 Å². The minimum absolute atomic E-state index is 0.880. The lowest BCUT2D eigenvalue weighted by Crippen LogP contribution is -1.93. The largest absolute Gasteiger partial charge is 0.0973 e. The highest BCUT2D eigenvalue weighted by Gasteiger charge is 2.00. The maximum atomic E-state index is 2.25. The normalized spacial score (nSPS) is 10.5. The van der Waals surface area contributed by atoms with Gasteiger partial charge in [-0.05, 0) is 19.1 Å². The lowest BCUT2D eigenvalue weighted by Gasteiger charge is -2.07. The molecule has 0 nitrogen and oxygen atoms in total. The molecule has 0 rings (SSSR count). The van der Waals surface area contributed by atoms with Gasteiger partial charge < -0.3 is 0 Å². The van der Waals surface area contributed by atoms with Gasteiger partial charge in [-0.25, -0.2) is 0 Å². The van der Waals surface area contributed by atoms with E-state index in [0.717, 1.165) is 5.25 Å². The quantitative estimate of drug-likeness (QED) is 0.564. The highest BCUT2D eigenvalue weighted by molar-refractivity contribution is 8.76. The van der Waals surface area contributed by atoms with Crippen LogP contribution in [0, 0.1) is 0 Å². The zero-order chi connectivity index (χ0) is 6.41. The van der Waals surface area contributed by atoms with E-state index in [4.69, 9.17) is 0 Å². The smallest absolute Gasteiger partial charge is 0.0146 e. The molecule has 0 aliphatic heterocycles. The summed E-state index contributed by atoms with van der Waals surface area (Å²) < 4.78 is 0. The number of hydrogen-bond donors (Lipinski definition) is 0. The van der Waals surface area contributed by atoms with Crippen LogP contribution in [0.2, 0.25) is 0 Å². The summed E-state index contributed by atoms with van der Waals surface area (Å²) in [6.07, 6.45) is 4.76. The first-order valence-corrected chi connectivity index (χ1v) is 5.66. The van der Waals surface area contributed by atoms with Crippen LogP contribution in [0.4, 0.5) is 0 Å². The van der Waals surface area contributed by atoms with E-state index in [1.165, 1.54) is 12.8 Å². The zero-order valence-electron chi connectivity index (χ0n) is 5.81. The Kier molecular flexibility index (Phi) is 6.34. The molecule has 8 heavy (non-hydrogen) atoms. The third kappa shape index (κ3) is 3.67. The molecule has 50 valence electrons. The standard InChI is InChI=1S/C6H14S2/c1-4-6(5-2)8-7-3/h6H,4-5H2,1-3H3. The molecule has 0 aromatic heterocycles. The zero-order valence-corrected chi connectivity index (χ0v) is 7.44. The van der Waals surface area contributed by atoms with Crippen LogP contribution in [-0.4, -0.2) is 11.5 Å². The maximum Gasteiger partial charge on any atom is 0.0146 e. The molecule has 2 heteroatoms. The van der Waals surface area contributed by atoms with Crippen LogP contribution < -0.4 is 0 Å². The van der Waals surface area contributed by atoms with Crippen molar-refractivity contribution < 1.29 is 0 Å². The predicted molar refractivity (Wildman–Crippen MR) is 45.5 cm³/mol. The van der Waals surface area contributed by atoms with Crippen molar-refractivity contribution in [2.24, 2.45) is 0 Å². The van der Waals surface area contributed by atoms with Crippen molar-refractivity contribution in [2.45, 2.75) is 31.9 Å². The van der Waals surface area contributed by atoms with Crippen LogP contribution in [-0.2, 0) is 0 Å². The Balaban J connectivity index is 3.07. The molecule has 0 aromatic rings. The van der Waals surface area contributed by atoms with Gasteiger partial charge in [0.2, 0.25) is 0 Å².